The Morgan fingerprint density at radius 3 is 2.38 bits per heavy atom. The molecule has 0 bridgehead atoms. The third kappa shape index (κ3) is 3.20. The van der Waals surface area contributed by atoms with Crippen LogP contribution in [0.1, 0.15) is 68.8 Å². The molecule has 4 rings (SSSR count). The van der Waals surface area contributed by atoms with Gasteiger partial charge in [-0.15, -0.1) is 0 Å². The summed E-state index contributed by atoms with van der Waals surface area (Å²) in [5.41, 5.74) is 0.584. The van der Waals surface area contributed by atoms with Gasteiger partial charge in [0.2, 0.25) is 5.91 Å². The number of hydrogen-bond acceptors (Lipinski definition) is 4. The molecule has 0 radical (unpaired) electrons. The maximum absolute atomic E-state index is 13.5. The average molecular weight is 358 g/mol. The molecule has 1 N–H and O–H groups in total. The van der Waals surface area contributed by atoms with Crippen LogP contribution in [-0.4, -0.2) is 57.4 Å². The van der Waals surface area contributed by atoms with Crippen LogP contribution >= 0.6 is 0 Å². The van der Waals surface area contributed by atoms with E-state index in [1.165, 1.54) is 25.7 Å². The SMILES string of the molecule is Cc1nc(C2CCN(C(=O)C3(N4CCCC4)CCCC3)CC2)cc(=O)[nH]1. The van der Waals surface area contributed by atoms with E-state index in [2.05, 4.69) is 19.8 Å². The molecule has 1 aliphatic carbocycles. The predicted molar refractivity (Wildman–Crippen MR) is 100 cm³/mol. The van der Waals surface area contributed by atoms with E-state index in [0.717, 1.165) is 57.6 Å². The highest BCUT2D eigenvalue weighted by molar-refractivity contribution is 5.87. The standard InChI is InChI=1S/C20H30N4O2/c1-15-21-17(14-18(25)22-15)16-6-12-23(13-7-16)19(26)20(8-2-3-9-20)24-10-4-5-11-24/h14,16H,2-13H2,1H3,(H,21,22,25). The highest BCUT2D eigenvalue weighted by Crippen LogP contribution is 2.40. The van der Waals surface area contributed by atoms with E-state index in [1.807, 2.05) is 6.92 Å². The molecule has 0 atom stereocenters. The Bertz CT molecular complexity index is 709. The number of aromatic nitrogens is 2. The van der Waals surface area contributed by atoms with Crippen LogP contribution in [0.25, 0.3) is 0 Å². The Labute approximate surface area is 155 Å². The number of nitrogens with one attached hydrogen (secondary N) is 1. The molecule has 1 aromatic rings. The number of nitrogens with zero attached hydrogens (tertiary/aromatic N) is 3. The van der Waals surface area contributed by atoms with Crippen LogP contribution in [0.3, 0.4) is 0 Å². The van der Waals surface area contributed by atoms with E-state index < -0.39 is 0 Å². The van der Waals surface area contributed by atoms with Crippen molar-refractivity contribution in [2.45, 2.75) is 69.7 Å². The van der Waals surface area contributed by atoms with Crippen LogP contribution in [-0.2, 0) is 4.79 Å². The second kappa shape index (κ2) is 7.14. The van der Waals surface area contributed by atoms with Crippen molar-refractivity contribution in [2.24, 2.45) is 0 Å². The summed E-state index contributed by atoms with van der Waals surface area (Å²) in [6, 6.07) is 1.62. The first-order valence-electron chi connectivity index (χ1n) is 10.2. The molecular formula is C20H30N4O2. The minimum atomic E-state index is -0.220. The fourth-order valence-corrected chi connectivity index (χ4v) is 5.25. The lowest BCUT2D eigenvalue weighted by Crippen LogP contribution is -2.58. The number of hydrogen-bond donors (Lipinski definition) is 1. The van der Waals surface area contributed by atoms with Crippen molar-refractivity contribution in [2.75, 3.05) is 26.2 Å². The van der Waals surface area contributed by atoms with Crippen molar-refractivity contribution in [3.8, 4) is 0 Å². The van der Waals surface area contributed by atoms with Crippen molar-refractivity contribution in [1.29, 1.82) is 0 Å². The number of carbonyl (C=O) groups is 1. The Kier molecular flexibility index (Phi) is 4.86. The van der Waals surface area contributed by atoms with Crippen LogP contribution < -0.4 is 5.56 Å². The van der Waals surface area contributed by atoms with Gasteiger partial charge in [0.25, 0.3) is 5.56 Å². The number of piperidine rings is 1. The third-order valence-electron chi connectivity index (χ3n) is 6.62. The molecule has 3 fully saturated rings. The van der Waals surface area contributed by atoms with E-state index in [-0.39, 0.29) is 17.0 Å². The molecular weight excluding hydrogens is 328 g/mol. The van der Waals surface area contributed by atoms with Crippen LogP contribution in [0.2, 0.25) is 0 Å². The van der Waals surface area contributed by atoms with Gasteiger partial charge < -0.3 is 9.88 Å². The number of aromatic amines is 1. The first kappa shape index (κ1) is 17.7. The van der Waals surface area contributed by atoms with Crippen LogP contribution in [0.15, 0.2) is 10.9 Å². The van der Waals surface area contributed by atoms with Crippen molar-refractivity contribution in [3.63, 3.8) is 0 Å². The monoisotopic (exact) mass is 358 g/mol. The lowest BCUT2D eigenvalue weighted by atomic mass is 9.89. The molecule has 6 nitrogen and oxygen atoms in total. The minimum Gasteiger partial charge on any atom is -0.341 e. The van der Waals surface area contributed by atoms with Gasteiger partial charge in [0, 0.05) is 25.1 Å². The van der Waals surface area contributed by atoms with E-state index in [1.54, 1.807) is 6.07 Å². The van der Waals surface area contributed by atoms with Gasteiger partial charge >= 0.3 is 0 Å². The molecule has 3 aliphatic rings. The van der Waals surface area contributed by atoms with E-state index in [0.29, 0.717) is 11.7 Å². The molecule has 0 aromatic carbocycles. The molecule has 1 aromatic heterocycles. The normalized spacial score (nSPS) is 24.3. The zero-order valence-corrected chi connectivity index (χ0v) is 15.8. The van der Waals surface area contributed by atoms with E-state index >= 15 is 0 Å². The van der Waals surface area contributed by atoms with Gasteiger partial charge in [0.05, 0.1) is 5.69 Å². The summed E-state index contributed by atoms with van der Waals surface area (Å²) in [5, 5.41) is 0. The zero-order valence-electron chi connectivity index (χ0n) is 15.8. The highest BCUT2D eigenvalue weighted by Gasteiger charge is 2.49. The van der Waals surface area contributed by atoms with Crippen molar-refractivity contribution >= 4 is 5.91 Å². The molecule has 3 heterocycles. The summed E-state index contributed by atoms with van der Waals surface area (Å²) in [7, 11) is 0. The number of rotatable bonds is 3. The summed E-state index contributed by atoms with van der Waals surface area (Å²) in [6.07, 6.45) is 8.66. The number of amides is 1. The van der Waals surface area contributed by atoms with Crippen LogP contribution in [0, 0.1) is 6.92 Å². The topological polar surface area (TPSA) is 69.3 Å². The summed E-state index contributed by atoms with van der Waals surface area (Å²) in [5.74, 6) is 1.32. The molecule has 0 spiro atoms. The Morgan fingerprint density at radius 2 is 1.77 bits per heavy atom. The van der Waals surface area contributed by atoms with Gasteiger partial charge in [0.1, 0.15) is 11.4 Å². The maximum Gasteiger partial charge on any atom is 0.251 e. The third-order valence-corrected chi connectivity index (χ3v) is 6.62. The van der Waals surface area contributed by atoms with Gasteiger partial charge in [0.15, 0.2) is 0 Å². The lowest BCUT2D eigenvalue weighted by molar-refractivity contribution is -0.145. The quantitative estimate of drug-likeness (QED) is 0.899. The van der Waals surface area contributed by atoms with Crippen LogP contribution in [0.5, 0.6) is 0 Å². The molecule has 0 unspecified atom stereocenters. The first-order valence-corrected chi connectivity index (χ1v) is 10.2. The number of carbonyl (C=O) groups excluding carboxylic acids is 1. The molecule has 2 aliphatic heterocycles. The summed E-state index contributed by atoms with van der Waals surface area (Å²) >= 11 is 0. The van der Waals surface area contributed by atoms with Gasteiger partial charge in [-0.05, 0) is 58.5 Å². The molecule has 1 amide bonds. The highest BCUT2D eigenvalue weighted by atomic mass is 16.2. The Balaban J connectivity index is 1.45. The van der Waals surface area contributed by atoms with Gasteiger partial charge in [-0.1, -0.05) is 12.8 Å². The first-order chi connectivity index (χ1) is 12.6. The molecule has 6 heteroatoms. The Hall–Kier alpha value is -1.69. The molecule has 26 heavy (non-hydrogen) atoms. The van der Waals surface area contributed by atoms with Crippen LogP contribution in [0.4, 0.5) is 0 Å². The van der Waals surface area contributed by atoms with Crippen molar-refractivity contribution < 1.29 is 4.79 Å². The number of H-pyrrole nitrogens is 1. The van der Waals surface area contributed by atoms with Gasteiger partial charge in [-0.25, -0.2) is 4.98 Å². The largest absolute Gasteiger partial charge is 0.341 e. The van der Waals surface area contributed by atoms with Gasteiger partial charge in [-0.2, -0.15) is 0 Å². The smallest absolute Gasteiger partial charge is 0.251 e. The molecule has 2 saturated heterocycles. The summed E-state index contributed by atoms with van der Waals surface area (Å²) in [4.78, 5) is 37.0. The van der Waals surface area contributed by atoms with Crippen molar-refractivity contribution in [3.05, 3.63) is 27.9 Å². The maximum atomic E-state index is 13.5. The fraction of sp³-hybridized carbons (Fsp3) is 0.750. The second-order valence-corrected chi connectivity index (χ2v) is 8.25. The van der Waals surface area contributed by atoms with Crippen molar-refractivity contribution in [1.82, 2.24) is 19.8 Å². The number of likely N-dealkylation sites (tertiary alicyclic amines) is 2. The predicted octanol–water partition coefficient (Wildman–Crippen LogP) is 2.19. The summed E-state index contributed by atoms with van der Waals surface area (Å²) in [6.45, 7) is 5.55. The Morgan fingerprint density at radius 1 is 1.12 bits per heavy atom. The second-order valence-electron chi connectivity index (χ2n) is 8.25. The van der Waals surface area contributed by atoms with E-state index in [9.17, 15) is 9.59 Å². The lowest BCUT2D eigenvalue weighted by Gasteiger charge is -2.43. The summed E-state index contributed by atoms with van der Waals surface area (Å²) < 4.78 is 0. The molecule has 142 valence electrons. The zero-order chi connectivity index (χ0) is 18.1. The van der Waals surface area contributed by atoms with Gasteiger partial charge in [-0.3, -0.25) is 14.5 Å². The minimum absolute atomic E-state index is 0.0788. The molecule has 1 saturated carbocycles. The average Bonchev–Trinajstić information content (AvgIpc) is 3.32. The van der Waals surface area contributed by atoms with E-state index in [4.69, 9.17) is 0 Å². The number of aryl methyl sites for hydroxylation is 1. The fourth-order valence-electron chi connectivity index (χ4n) is 5.25.